The van der Waals surface area contributed by atoms with Gasteiger partial charge in [-0.1, -0.05) is 15.9 Å². The zero-order chi connectivity index (χ0) is 13.0. The first kappa shape index (κ1) is 14.0. The Labute approximate surface area is 120 Å². The van der Waals surface area contributed by atoms with Crippen molar-refractivity contribution in [2.75, 3.05) is 38.1 Å². The topological polar surface area (TPSA) is 36.4 Å². The van der Waals surface area contributed by atoms with Gasteiger partial charge in [-0.3, -0.25) is 4.79 Å². The minimum absolute atomic E-state index is 0.140. The van der Waals surface area contributed by atoms with Crippen molar-refractivity contribution in [3.63, 3.8) is 0 Å². The second-order valence-electron chi connectivity index (χ2n) is 4.42. The van der Waals surface area contributed by atoms with Gasteiger partial charge in [-0.25, -0.2) is 4.98 Å². The van der Waals surface area contributed by atoms with Crippen molar-refractivity contribution in [3.05, 3.63) is 16.1 Å². The van der Waals surface area contributed by atoms with Crippen molar-refractivity contribution in [1.29, 1.82) is 0 Å². The maximum atomic E-state index is 12.3. The molecule has 1 fully saturated rings. The standard InChI is InChI=1S/C12H18BrN3OS/c1-10-14-9-11(18-10)12(17)16-5-2-4-15(6-3-13)7-8-16/h9H,2-8H2,1H3. The number of aromatic nitrogens is 1. The van der Waals surface area contributed by atoms with E-state index in [1.54, 1.807) is 6.20 Å². The Morgan fingerprint density at radius 2 is 2.28 bits per heavy atom. The van der Waals surface area contributed by atoms with Gasteiger partial charge < -0.3 is 9.80 Å². The SMILES string of the molecule is Cc1ncc(C(=O)N2CCCN(CCBr)CC2)s1. The van der Waals surface area contributed by atoms with Gasteiger partial charge in [-0.2, -0.15) is 0 Å². The summed E-state index contributed by atoms with van der Waals surface area (Å²) < 4.78 is 0. The molecule has 0 aliphatic carbocycles. The molecule has 4 nitrogen and oxygen atoms in total. The van der Waals surface area contributed by atoms with E-state index in [1.165, 1.54) is 11.3 Å². The van der Waals surface area contributed by atoms with E-state index < -0.39 is 0 Å². The summed E-state index contributed by atoms with van der Waals surface area (Å²) in [4.78, 5) is 21.6. The number of halogens is 1. The van der Waals surface area contributed by atoms with E-state index in [9.17, 15) is 4.79 Å². The van der Waals surface area contributed by atoms with Crippen molar-refractivity contribution >= 4 is 33.2 Å². The number of rotatable bonds is 3. The molecule has 2 heterocycles. The van der Waals surface area contributed by atoms with Gasteiger partial charge in [0, 0.05) is 31.5 Å². The largest absolute Gasteiger partial charge is 0.337 e. The fourth-order valence-electron chi connectivity index (χ4n) is 2.13. The molecule has 1 amide bonds. The van der Waals surface area contributed by atoms with Crippen LogP contribution in [0, 0.1) is 6.92 Å². The zero-order valence-corrected chi connectivity index (χ0v) is 13.0. The number of aryl methyl sites for hydroxylation is 1. The van der Waals surface area contributed by atoms with Crippen molar-refractivity contribution in [2.45, 2.75) is 13.3 Å². The fourth-order valence-corrected chi connectivity index (χ4v) is 3.38. The normalized spacial score (nSPS) is 17.8. The summed E-state index contributed by atoms with van der Waals surface area (Å²) in [5.74, 6) is 0.140. The average Bonchev–Trinajstić information content (AvgIpc) is 2.65. The van der Waals surface area contributed by atoms with Gasteiger partial charge in [0.1, 0.15) is 4.88 Å². The molecule has 6 heteroatoms. The Morgan fingerprint density at radius 3 is 2.94 bits per heavy atom. The minimum Gasteiger partial charge on any atom is -0.337 e. The van der Waals surface area contributed by atoms with Crippen LogP contribution in [0.1, 0.15) is 21.1 Å². The number of thiazole rings is 1. The highest BCUT2D eigenvalue weighted by atomic mass is 79.9. The number of hydrogen-bond acceptors (Lipinski definition) is 4. The number of alkyl halides is 1. The third-order valence-corrected chi connectivity index (χ3v) is 4.36. The molecule has 0 radical (unpaired) electrons. The number of hydrogen-bond donors (Lipinski definition) is 0. The zero-order valence-electron chi connectivity index (χ0n) is 10.6. The van der Waals surface area contributed by atoms with E-state index in [-0.39, 0.29) is 5.91 Å². The Bertz CT molecular complexity index is 410. The van der Waals surface area contributed by atoms with Crippen LogP contribution in [0.15, 0.2) is 6.20 Å². The second-order valence-corrected chi connectivity index (χ2v) is 6.45. The Kier molecular flexibility index (Phi) is 5.14. The summed E-state index contributed by atoms with van der Waals surface area (Å²) in [6.45, 7) is 6.72. The van der Waals surface area contributed by atoms with Crippen molar-refractivity contribution in [2.24, 2.45) is 0 Å². The molecule has 0 aromatic carbocycles. The molecule has 0 N–H and O–H groups in total. The van der Waals surface area contributed by atoms with E-state index in [0.29, 0.717) is 0 Å². The summed E-state index contributed by atoms with van der Waals surface area (Å²) in [6.07, 6.45) is 2.75. The summed E-state index contributed by atoms with van der Waals surface area (Å²) in [5.41, 5.74) is 0. The molecule has 100 valence electrons. The molecule has 2 rings (SSSR count). The first-order valence-electron chi connectivity index (χ1n) is 6.20. The van der Waals surface area contributed by atoms with E-state index in [0.717, 1.165) is 54.4 Å². The van der Waals surface area contributed by atoms with Crippen LogP contribution in [0.25, 0.3) is 0 Å². The number of nitrogens with zero attached hydrogens (tertiary/aromatic N) is 3. The Balaban J connectivity index is 1.95. The van der Waals surface area contributed by atoms with Crippen LogP contribution in [0.3, 0.4) is 0 Å². The number of amides is 1. The van der Waals surface area contributed by atoms with E-state index in [2.05, 4.69) is 25.8 Å². The molecule has 0 unspecified atom stereocenters. The monoisotopic (exact) mass is 331 g/mol. The fraction of sp³-hybridized carbons (Fsp3) is 0.667. The van der Waals surface area contributed by atoms with Gasteiger partial charge >= 0.3 is 0 Å². The molecule has 1 saturated heterocycles. The van der Waals surface area contributed by atoms with Gasteiger partial charge in [0.25, 0.3) is 5.91 Å². The van der Waals surface area contributed by atoms with Gasteiger partial charge in [-0.05, 0) is 19.9 Å². The summed E-state index contributed by atoms with van der Waals surface area (Å²) in [5, 5.41) is 1.95. The van der Waals surface area contributed by atoms with Gasteiger partial charge in [0.05, 0.1) is 11.2 Å². The maximum Gasteiger partial charge on any atom is 0.265 e. The molecule has 0 atom stereocenters. The minimum atomic E-state index is 0.140. The molecule has 1 aliphatic rings. The summed E-state index contributed by atoms with van der Waals surface area (Å²) in [6, 6.07) is 0. The predicted octanol–water partition coefficient (Wildman–Crippen LogP) is 1.99. The van der Waals surface area contributed by atoms with E-state index >= 15 is 0 Å². The first-order valence-corrected chi connectivity index (χ1v) is 8.14. The third-order valence-electron chi connectivity index (χ3n) is 3.11. The molecule has 0 bridgehead atoms. The van der Waals surface area contributed by atoms with Crippen LogP contribution >= 0.6 is 27.3 Å². The highest BCUT2D eigenvalue weighted by molar-refractivity contribution is 9.09. The molecule has 0 saturated carbocycles. The molecule has 1 aromatic rings. The highest BCUT2D eigenvalue weighted by Crippen LogP contribution is 2.15. The highest BCUT2D eigenvalue weighted by Gasteiger charge is 2.21. The lowest BCUT2D eigenvalue weighted by molar-refractivity contribution is 0.0766. The molecule has 1 aromatic heterocycles. The quantitative estimate of drug-likeness (QED) is 0.795. The lowest BCUT2D eigenvalue weighted by atomic mass is 10.3. The third kappa shape index (κ3) is 3.52. The summed E-state index contributed by atoms with van der Waals surface area (Å²) >= 11 is 4.95. The van der Waals surface area contributed by atoms with Crippen LogP contribution < -0.4 is 0 Å². The van der Waals surface area contributed by atoms with E-state index in [1.807, 2.05) is 11.8 Å². The summed E-state index contributed by atoms with van der Waals surface area (Å²) in [7, 11) is 0. The van der Waals surface area contributed by atoms with Crippen molar-refractivity contribution in [1.82, 2.24) is 14.8 Å². The van der Waals surface area contributed by atoms with Crippen LogP contribution in [-0.2, 0) is 0 Å². The Morgan fingerprint density at radius 1 is 1.44 bits per heavy atom. The Hall–Kier alpha value is -0.460. The lowest BCUT2D eigenvalue weighted by Gasteiger charge is -2.20. The van der Waals surface area contributed by atoms with Gasteiger partial charge in [-0.15, -0.1) is 11.3 Å². The van der Waals surface area contributed by atoms with Crippen LogP contribution in [0.4, 0.5) is 0 Å². The molecule has 0 spiro atoms. The second kappa shape index (κ2) is 6.63. The van der Waals surface area contributed by atoms with Crippen LogP contribution in [-0.4, -0.2) is 58.7 Å². The predicted molar refractivity (Wildman–Crippen MR) is 77.6 cm³/mol. The molecular weight excluding hydrogens is 314 g/mol. The van der Waals surface area contributed by atoms with Crippen LogP contribution in [0.5, 0.6) is 0 Å². The molecule has 18 heavy (non-hydrogen) atoms. The maximum absolute atomic E-state index is 12.3. The van der Waals surface area contributed by atoms with Crippen LogP contribution in [0.2, 0.25) is 0 Å². The van der Waals surface area contributed by atoms with Gasteiger partial charge in [0.2, 0.25) is 0 Å². The lowest BCUT2D eigenvalue weighted by Crippen LogP contribution is -2.35. The number of carbonyl (C=O) groups is 1. The smallest absolute Gasteiger partial charge is 0.265 e. The van der Waals surface area contributed by atoms with E-state index in [4.69, 9.17) is 0 Å². The van der Waals surface area contributed by atoms with Gasteiger partial charge in [0.15, 0.2) is 0 Å². The number of carbonyl (C=O) groups excluding carboxylic acids is 1. The van der Waals surface area contributed by atoms with Crippen molar-refractivity contribution < 1.29 is 4.79 Å². The van der Waals surface area contributed by atoms with Crippen molar-refractivity contribution in [3.8, 4) is 0 Å². The molecule has 1 aliphatic heterocycles. The first-order chi connectivity index (χ1) is 8.70. The molecular formula is C12H18BrN3OS. The average molecular weight is 332 g/mol.